The quantitative estimate of drug-likeness (QED) is 0.555. The van der Waals surface area contributed by atoms with Crippen LogP contribution in [-0.4, -0.2) is 52.2 Å². The van der Waals surface area contributed by atoms with E-state index in [0.717, 1.165) is 29.6 Å². The maximum Gasteiger partial charge on any atom is 0.0864 e. The summed E-state index contributed by atoms with van der Waals surface area (Å²) < 4.78 is 0. The Kier molecular flexibility index (Phi) is 6.23. The number of nitrogens with one attached hydrogen (secondary N) is 1. The van der Waals surface area contributed by atoms with Crippen LogP contribution in [0.25, 0.3) is 5.57 Å². The first-order valence-electron chi connectivity index (χ1n) is 11.5. The van der Waals surface area contributed by atoms with Crippen LogP contribution in [0.15, 0.2) is 53.4 Å². The predicted octanol–water partition coefficient (Wildman–Crippen LogP) is 3.38. The van der Waals surface area contributed by atoms with Crippen molar-refractivity contribution in [2.24, 2.45) is 11.3 Å². The van der Waals surface area contributed by atoms with E-state index in [0.29, 0.717) is 38.0 Å². The molecule has 5 rings (SSSR count). The van der Waals surface area contributed by atoms with Gasteiger partial charge >= 0.3 is 0 Å². The van der Waals surface area contributed by atoms with Gasteiger partial charge in [0.25, 0.3) is 0 Å². The third-order valence-electron chi connectivity index (χ3n) is 7.76. The minimum atomic E-state index is -0.828. The van der Waals surface area contributed by atoms with Gasteiger partial charge in [-0.3, -0.25) is 4.98 Å². The summed E-state index contributed by atoms with van der Waals surface area (Å²) in [6.45, 7) is 2.28. The van der Waals surface area contributed by atoms with E-state index in [-0.39, 0.29) is 11.5 Å². The van der Waals surface area contributed by atoms with Gasteiger partial charge in [0, 0.05) is 17.8 Å². The Morgan fingerprint density at radius 1 is 1.19 bits per heavy atom. The largest absolute Gasteiger partial charge is 0.393 e. The van der Waals surface area contributed by atoms with Crippen molar-refractivity contribution in [1.29, 1.82) is 0 Å². The molecule has 5 heteroatoms. The molecule has 0 aromatic carbocycles. The molecule has 31 heavy (non-hydrogen) atoms. The number of pyridine rings is 1. The lowest BCUT2D eigenvalue weighted by molar-refractivity contribution is 0.00863. The van der Waals surface area contributed by atoms with Crippen molar-refractivity contribution in [3.63, 3.8) is 0 Å². The minimum absolute atomic E-state index is 0.114. The van der Waals surface area contributed by atoms with Crippen molar-refractivity contribution in [3.05, 3.63) is 59.0 Å². The first-order valence-corrected chi connectivity index (χ1v) is 11.5. The number of aliphatic hydroxyl groups is 3. The smallest absolute Gasteiger partial charge is 0.0864 e. The predicted molar refractivity (Wildman–Crippen MR) is 123 cm³/mol. The van der Waals surface area contributed by atoms with Gasteiger partial charge in [-0.2, -0.15) is 0 Å². The van der Waals surface area contributed by atoms with E-state index < -0.39 is 11.7 Å². The molecule has 1 aromatic rings. The number of aromatic nitrogens is 1. The van der Waals surface area contributed by atoms with Crippen molar-refractivity contribution < 1.29 is 15.3 Å². The summed E-state index contributed by atoms with van der Waals surface area (Å²) in [5, 5.41) is 35.3. The van der Waals surface area contributed by atoms with Gasteiger partial charge in [-0.1, -0.05) is 30.7 Å². The number of hydrogen-bond donors (Lipinski definition) is 4. The molecule has 0 bridgehead atoms. The van der Waals surface area contributed by atoms with Crippen molar-refractivity contribution >= 4 is 5.57 Å². The van der Waals surface area contributed by atoms with Crippen molar-refractivity contribution in [1.82, 2.24) is 10.3 Å². The zero-order chi connectivity index (χ0) is 22.2. The second-order valence-corrected chi connectivity index (χ2v) is 9.86. The Morgan fingerprint density at radius 3 is 2.68 bits per heavy atom. The van der Waals surface area contributed by atoms with Gasteiger partial charge in [-0.15, -0.1) is 0 Å². The lowest BCUT2D eigenvalue weighted by atomic mass is 9.61. The molecule has 1 fully saturated rings. The molecule has 4 aliphatic rings. The van der Waals surface area contributed by atoms with Gasteiger partial charge in [-0.05, 0) is 93.3 Å². The molecule has 4 aliphatic carbocycles. The maximum atomic E-state index is 11.2. The van der Waals surface area contributed by atoms with E-state index in [1.165, 1.54) is 11.1 Å². The fraction of sp³-hybridized carbons (Fsp3) is 0.577. The zero-order valence-electron chi connectivity index (χ0n) is 18.9. The summed E-state index contributed by atoms with van der Waals surface area (Å²) in [6.07, 6.45) is 12.1. The molecule has 5 nitrogen and oxygen atoms in total. The fourth-order valence-electron chi connectivity index (χ4n) is 6.22. The number of fused-ring (bicyclic) bond motifs is 3. The molecule has 1 saturated carbocycles. The van der Waals surface area contributed by atoms with E-state index in [2.05, 4.69) is 29.4 Å². The second-order valence-electron chi connectivity index (χ2n) is 9.86. The van der Waals surface area contributed by atoms with E-state index >= 15 is 0 Å². The molecule has 4 N–H and O–H groups in total. The SMILES string of the molecule is CC12CC(O)C3=C(CC[C@@]4(O)CCC(O)CC4=C3)C1CC=C2c1cccnc1.CNC. The summed E-state index contributed by atoms with van der Waals surface area (Å²) in [7, 11) is 3.75. The van der Waals surface area contributed by atoms with Crippen LogP contribution in [0.3, 0.4) is 0 Å². The van der Waals surface area contributed by atoms with E-state index in [1.807, 2.05) is 32.4 Å². The van der Waals surface area contributed by atoms with Crippen molar-refractivity contribution in [2.45, 2.75) is 69.7 Å². The molecule has 0 spiro atoms. The monoisotopic (exact) mass is 424 g/mol. The molecule has 0 radical (unpaired) electrons. The van der Waals surface area contributed by atoms with Gasteiger partial charge in [0.2, 0.25) is 0 Å². The van der Waals surface area contributed by atoms with Crippen LogP contribution in [0, 0.1) is 11.3 Å². The Hall–Kier alpha value is -1.79. The molecular formula is C26H36N2O3. The first-order chi connectivity index (χ1) is 14.8. The summed E-state index contributed by atoms with van der Waals surface area (Å²) in [6, 6.07) is 4.08. The number of allylic oxidation sites excluding steroid dienone is 3. The minimum Gasteiger partial charge on any atom is -0.393 e. The van der Waals surface area contributed by atoms with Gasteiger partial charge in [-0.25, -0.2) is 0 Å². The Labute approximate surface area is 185 Å². The number of hydrogen-bond acceptors (Lipinski definition) is 5. The topological polar surface area (TPSA) is 85.6 Å². The summed E-state index contributed by atoms with van der Waals surface area (Å²) in [5.74, 6) is 0.353. The molecule has 4 unspecified atom stereocenters. The summed E-state index contributed by atoms with van der Waals surface area (Å²) in [4.78, 5) is 4.30. The maximum absolute atomic E-state index is 11.2. The van der Waals surface area contributed by atoms with E-state index in [1.54, 1.807) is 6.20 Å². The first kappa shape index (κ1) is 22.4. The lowest BCUT2D eigenvalue weighted by Crippen LogP contribution is -2.38. The van der Waals surface area contributed by atoms with Gasteiger partial charge in [0.15, 0.2) is 0 Å². The number of nitrogens with zero attached hydrogens (tertiary/aromatic N) is 1. The highest BCUT2D eigenvalue weighted by Crippen LogP contribution is 2.59. The fourth-order valence-corrected chi connectivity index (χ4v) is 6.22. The number of aliphatic hydroxyl groups excluding tert-OH is 2. The van der Waals surface area contributed by atoms with Crippen LogP contribution in [0.4, 0.5) is 0 Å². The van der Waals surface area contributed by atoms with E-state index in [4.69, 9.17) is 0 Å². The van der Waals surface area contributed by atoms with Gasteiger partial charge in [0.05, 0.1) is 17.8 Å². The third kappa shape index (κ3) is 3.93. The molecule has 0 aliphatic heterocycles. The molecule has 1 aromatic heterocycles. The van der Waals surface area contributed by atoms with E-state index in [9.17, 15) is 15.3 Å². The van der Waals surface area contributed by atoms with Gasteiger partial charge in [0.1, 0.15) is 0 Å². The van der Waals surface area contributed by atoms with Crippen molar-refractivity contribution in [3.8, 4) is 0 Å². The highest BCUT2D eigenvalue weighted by molar-refractivity contribution is 5.74. The second kappa shape index (κ2) is 8.62. The Morgan fingerprint density at radius 2 is 1.97 bits per heavy atom. The lowest BCUT2D eigenvalue weighted by Gasteiger charge is -2.43. The van der Waals surface area contributed by atoms with Crippen LogP contribution in [0.2, 0.25) is 0 Å². The molecule has 0 saturated heterocycles. The molecule has 0 amide bonds. The average Bonchev–Trinajstić information content (AvgIpc) is 2.99. The third-order valence-corrected chi connectivity index (χ3v) is 7.76. The van der Waals surface area contributed by atoms with Crippen LogP contribution < -0.4 is 5.32 Å². The van der Waals surface area contributed by atoms with Crippen LogP contribution in [-0.2, 0) is 0 Å². The highest BCUT2D eigenvalue weighted by atomic mass is 16.3. The van der Waals surface area contributed by atoms with Crippen LogP contribution >= 0.6 is 0 Å². The van der Waals surface area contributed by atoms with Crippen molar-refractivity contribution in [2.75, 3.05) is 14.1 Å². The molecular weight excluding hydrogens is 388 g/mol. The Bertz CT molecular complexity index is 906. The van der Waals surface area contributed by atoms with Gasteiger partial charge < -0.3 is 20.6 Å². The zero-order valence-corrected chi connectivity index (χ0v) is 18.9. The van der Waals surface area contributed by atoms with Crippen LogP contribution in [0.5, 0.6) is 0 Å². The number of rotatable bonds is 1. The molecule has 1 heterocycles. The average molecular weight is 425 g/mol. The normalized spacial score (nSPS) is 36.8. The summed E-state index contributed by atoms with van der Waals surface area (Å²) >= 11 is 0. The summed E-state index contributed by atoms with van der Waals surface area (Å²) in [5.41, 5.74) is 4.72. The Balaban J connectivity index is 0.000000730. The molecule has 5 atom stereocenters. The highest BCUT2D eigenvalue weighted by Gasteiger charge is 2.50. The standard InChI is InChI=1S/C24H29NO3.C2H7N/c1-23-13-22(27)19-12-16-11-17(26)6-8-24(16,28)9-7-18(19)21(23)5-4-20(23)15-3-2-10-25-14-15;1-3-2/h2-4,10,12,14,17,21-22,26-28H,5-9,11,13H2,1H3;3H,1-2H3/t17?,21?,22?,23?,24-;/m0./s1. The molecule has 168 valence electrons. The van der Waals surface area contributed by atoms with Crippen LogP contribution in [0.1, 0.15) is 57.4 Å².